The molecule has 130 valence electrons. The van der Waals surface area contributed by atoms with E-state index in [4.69, 9.17) is 4.74 Å². The average Bonchev–Trinajstić information content (AvgIpc) is 2.59. The summed E-state index contributed by atoms with van der Waals surface area (Å²) in [6, 6.07) is 10.2. The van der Waals surface area contributed by atoms with Crippen LogP contribution < -0.4 is 20.8 Å². The first-order valence-corrected chi connectivity index (χ1v) is 8.61. The van der Waals surface area contributed by atoms with E-state index in [9.17, 15) is 18.0 Å². The van der Waals surface area contributed by atoms with Crippen LogP contribution in [0.1, 0.15) is 0 Å². The van der Waals surface area contributed by atoms with Gasteiger partial charge in [0, 0.05) is 12.7 Å². The summed E-state index contributed by atoms with van der Waals surface area (Å²) in [5.74, 6) is -0.225. The van der Waals surface area contributed by atoms with Gasteiger partial charge in [-0.15, -0.1) is 0 Å². The van der Waals surface area contributed by atoms with E-state index in [2.05, 4.69) is 9.14 Å². The van der Waals surface area contributed by atoms with Crippen LogP contribution in [-0.4, -0.2) is 20.1 Å². The Labute approximate surface area is 142 Å². The molecule has 0 aliphatic carbocycles. The molecule has 0 saturated heterocycles. The van der Waals surface area contributed by atoms with E-state index in [1.54, 1.807) is 24.3 Å². The normalized spacial score (nSPS) is 11.4. The highest BCUT2D eigenvalue weighted by Crippen LogP contribution is 2.21. The van der Waals surface area contributed by atoms with Crippen LogP contribution in [0, 0.1) is 0 Å². The first-order valence-electron chi connectivity index (χ1n) is 7.12. The van der Waals surface area contributed by atoms with E-state index >= 15 is 0 Å². The van der Waals surface area contributed by atoms with Gasteiger partial charge in [-0.25, -0.2) is 18.0 Å². The van der Waals surface area contributed by atoms with Crippen molar-refractivity contribution in [2.24, 2.45) is 7.05 Å². The summed E-state index contributed by atoms with van der Waals surface area (Å²) in [5, 5.41) is -0.000272. The van der Waals surface area contributed by atoms with Crippen molar-refractivity contribution in [2.45, 2.75) is 4.90 Å². The summed E-state index contributed by atoms with van der Waals surface area (Å²) in [6.45, 7) is 0. The molecule has 2 aromatic carbocycles. The highest BCUT2D eigenvalue weighted by molar-refractivity contribution is 7.92. The number of ether oxygens (including phenoxy) is 1. The summed E-state index contributed by atoms with van der Waals surface area (Å²) < 4.78 is 38.2. The minimum atomic E-state index is -3.92. The van der Waals surface area contributed by atoms with Gasteiger partial charge in [0.2, 0.25) is 0 Å². The van der Waals surface area contributed by atoms with Gasteiger partial charge < -0.3 is 9.15 Å². The third-order valence-corrected chi connectivity index (χ3v) is 5.03. The Kier molecular flexibility index (Phi) is 4.09. The zero-order chi connectivity index (χ0) is 18.2. The quantitative estimate of drug-likeness (QED) is 0.750. The maximum atomic E-state index is 12.5. The van der Waals surface area contributed by atoms with Crippen molar-refractivity contribution in [1.29, 1.82) is 0 Å². The second-order valence-electron chi connectivity index (χ2n) is 5.23. The topological polar surface area (TPSA) is 108 Å². The molecule has 0 radical (unpaired) electrons. The van der Waals surface area contributed by atoms with Crippen LogP contribution in [0.25, 0.3) is 10.9 Å². The number of aromatic nitrogens is 1. The summed E-state index contributed by atoms with van der Waals surface area (Å²) in [6.07, 6.45) is 0. The van der Waals surface area contributed by atoms with Crippen LogP contribution >= 0.6 is 0 Å². The molecule has 9 heteroatoms. The Balaban J connectivity index is 2.05. The Morgan fingerprint density at radius 3 is 2.40 bits per heavy atom. The zero-order valence-electron chi connectivity index (χ0n) is 13.3. The highest BCUT2D eigenvalue weighted by atomic mass is 32.2. The molecule has 1 aromatic heterocycles. The first kappa shape index (κ1) is 16.8. The smallest absolute Gasteiger partial charge is 0.422 e. The molecule has 3 rings (SSSR count). The van der Waals surface area contributed by atoms with Crippen LogP contribution in [-0.2, 0) is 17.1 Å². The van der Waals surface area contributed by atoms with Gasteiger partial charge in [-0.2, -0.15) is 0 Å². The molecular weight excluding hydrogens is 348 g/mol. The van der Waals surface area contributed by atoms with E-state index in [0.29, 0.717) is 11.4 Å². The standard InChI is InChI=1S/C16H14N2O6S/c1-18-14-8-7-12(9-13(14)15(19)24-16(18)20)25(21,22)17-10-3-5-11(23-2)6-4-10/h3-9,17H,1-2H3. The number of benzene rings is 2. The molecule has 25 heavy (non-hydrogen) atoms. The summed E-state index contributed by atoms with van der Waals surface area (Å²) in [4.78, 5) is 23.2. The van der Waals surface area contributed by atoms with Crippen LogP contribution in [0.4, 0.5) is 5.69 Å². The number of aryl methyl sites for hydroxylation is 1. The van der Waals surface area contributed by atoms with Crippen LogP contribution in [0.3, 0.4) is 0 Å². The van der Waals surface area contributed by atoms with Crippen molar-refractivity contribution in [2.75, 3.05) is 11.8 Å². The third kappa shape index (κ3) is 3.13. The van der Waals surface area contributed by atoms with Crippen LogP contribution in [0.15, 0.2) is 61.4 Å². The van der Waals surface area contributed by atoms with Crippen molar-refractivity contribution in [1.82, 2.24) is 4.57 Å². The number of rotatable bonds is 4. The number of nitrogens with one attached hydrogen (secondary N) is 1. The Bertz CT molecular complexity index is 1160. The fourth-order valence-corrected chi connectivity index (χ4v) is 3.40. The van der Waals surface area contributed by atoms with E-state index in [1.807, 2.05) is 0 Å². The van der Waals surface area contributed by atoms with Crippen LogP contribution in [0.2, 0.25) is 0 Å². The molecule has 0 amide bonds. The first-order chi connectivity index (χ1) is 11.8. The SMILES string of the molecule is COc1ccc(NS(=O)(=O)c2ccc3c(c2)c(=O)oc(=O)n3C)cc1. The zero-order valence-corrected chi connectivity index (χ0v) is 14.2. The lowest BCUT2D eigenvalue weighted by molar-refractivity contribution is 0.415. The average molecular weight is 362 g/mol. The number of fused-ring (bicyclic) bond motifs is 1. The molecule has 0 saturated carbocycles. The molecule has 0 atom stereocenters. The second kappa shape index (κ2) is 6.10. The van der Waals surface area contributed by atoms with E-state index in [0.717, 1.165) is 4.57 Å². The predicted octanol–water partition coefficient (Wildman–Crippen LogP) is 1.30. The van der Waals surface area contributed by atoms with Gasteiger partial charge in [0.15, 0.2) is 0 Å². The molecule has 0 aliphatic heterocycles. The molecule has 0 bridgehead atoms. The maximum absolute atomic E-state index is 12.5. The molecule has 1 heterocycles. The second-order valence-corrected chi connectivity index (χ2v) is 6.91. The fraction of sp³-hybridized carbons (Fsp3) is 0.125. The van der Waals surface area contributed by atoms with E-state index in [1.165, 1.54) is 32.4 Å². The highest BCUT2D eigenvalue weighted by Gasteiger charge is 2.17. The Morgan fingerprint density at radius 1 is 1.08 bits per heavy atom. The molecule has 0 fully saturated rings. The maximum Gasteiger partial charge on any atom is 0.422 e. The van der Waals surface area contributed by atoms with Gasteiger partial charge in [0.1, 0.15) is 5.75 Å². The minimum absolute atomic E-state index is 0.000272. The number of sulfonamides is 1. The van der Waals surface area contributed by atoms with Gasteiger partial charge in [-0.1, -0.05) is 0 Å². The molecule has 0 aliphatic rings. The summed E-state index contributed by atoms with van der Waals surface area (Å²) in [5.41, 5.74) is -0.266. The van der Waals surface area contributed by atoms with E-state index < -0.39 is 21.4 Å². The molecule has 1 N–H and O–H groups in total. The monoisotopic (exact) mass is 362 g/mol. The Morgan fingerprint density at radius 2 is 1.76 bits per heavy atom. The van der Waals surface area contributed by atoms with Crippen molar-refractivity contribution < 1.29 is 17.6 Å². The fourth-order valence-electron chi connectivity index (χ4n) is 2.31. The van der Waals surface area contributed by atoms with Gasteiger partial charge in [-0.3, -0.25) is 9.29 Å². The minimum Gasteiger partial charge on any atom is -0.497 e. The van der Waals surface area contributed by atoms with Crippen molar-refractivity contribution in [3.05, 3.63) is 63.4 Å². The number of hydrogen-bond donors (Lipinski definition) is 1. The van der Waals surface area contributed by atoms with Gasteiger partial charge in [0.05, 0.1) is 22.9 Å². The summed E-state index contributed by atoms with van der Waals surface area (Å²) in [7, 11) is -0.988. The molecule has 3 aromatic rings. The predicted molar refractivity (Wildman–Crippen MR) is 91.5 cm³/mol. The Hall–Kier alpha value is -3.07. The van der Waals surface area contributed by atoms with Crippen LogP contribution in [0.5, 0.6) is 5.75 Å². The number of anilines is 1. The van der Waals surface area contributed by atoms with Crippen molar-refractivity contribution in [3.63, 3.8) is 0 Å². The lowest BCUT2D eigenvalue weighted by Gasteiger charge is -2.10. The largest absolute Gasteiger partial charge is 0.497 e. The van der Waals surface area contributed by atoms with Gasteiger partial charge in [0.25, 0.3) is 10.0 Å². The number of hydrogen-bond acceptors (Lipinski definition) is 6. The van der Waals surface area contributed by atoms with Crippen molar-refractivity contribution >= 4 is 26.6 Å². The lowest BCUT2D eigenvalue weighted by atomic mass is 10.2. The van der Waals surface area contributed by atoms with Crippen molar-refractivity contribution in [3.8, 4) is 5.75 Å². The van der Waals surface area contributed by atoms with Gasteiger partial charge in [-0.05, 0) is 42.5 Å². The third-order valence-electron chi connectivity index (χ3n) is 3.66. The molecule has 8 nitrogen and oxygen atoms in total. The summed E-state index contributed by atoms with van der Waals surface area (Å²) >= 11 is 0. The van der Waals surface area contributed by atoms with Gasteiger partial charge >= 0.3 is 11.4 Å². The lowest BCUT2D eigenvalue weighted by Crippen LogP contribution is -2.23. The van der Waals surface area contributed by atoms with E-state index in [-0.39, 0.29) is 15.8 Å². The molecule has 0 unspecified atom stereocenters. The number of nitrogens with zero attached hydrogens (tertiary/aromatic N) is 1. The molecule has 0 spiro atoms. The number of methoxy groups -OCH3 is 1. The molecular formula is C16H14N2O6S.